The Kier molecular flexibility index (Phi) is 3.81. The second-order valence-corrected chi connectivity index (χ2v) is 2.73. The molecule has 15 heavy (non-hydrogen) atoms. The number of hydrogen-bond acceptors (Lipinski definition) is 5. The van der Waals surface area contributed by atoms with Gasteiger partial charge in [-0.05, 0) is 6.92 Å². The fourth-order valence-electron chi connectivity index (χ4n) is 0.798. The van der Waals surface area contributed by atoms with Crippen LogP contribution in [-0.2, 0) is 14.3 Å². The van der Waals surface area contributed by atoms with Crippen molar-refractivity contribution in [2.45, 2.75) is 6.92 Å². The molecule has 82 valence electrons. The zero-order valence-electron chi connectivity index (χ0n) is 8.02. The second kappa shape index (κ2) is 5.11. The van der Waals surface area contributed by atoms with Gasteiger partial charge in [0, 0.05) is 0 Å². The van der Waals surface area contributed by atoms with Crippen molar-refractivity contribution in [1.82, 2.24) is 4.98 Å². The Morgan fingerprint density at radius 1 is 1.60 bits per heavy atom. The minimum atomic E-state index is -1.13. The summed E-state index contributed by atoms with van der Waals surface area (Å²) in [5.41, 5.74) is 0.636. The fraction of sp³-hybridized carbons (Fsp3) is 0.375. The largest absolute Gasteiger partial charge is 0.480 e. The highest BCUT2D eigenvalue weighted by molar-refractivity contribution is 5.89. The van der Waals surface area contributed by atoms with E-state index in [0.29, 0.717) is 5.69 Å². The summed E-state index contributed by atoms with van der Waals surface area (Å²) >= 11 is 0. The Hall–Kier alpha value is -1.89. The lowest BCUT2D eigenvalue weighted by Gasteiger charge is -2.00. The molecule has 7 nitrogen and oxygen atoms in total. The average Bonchev–Trinajstić information content (AvgIpc) is 2.50. The Balaban J connectivity index is 2.27. The van der Waals surface area contributed by atoms with E-state index in [9.17, 15) is 9.59 Å². The number of carboxylic acids is 1. The van der Waals surface area contributed by atoms with E-state index in [1.165, 1.54) is 6.26 Å². The van der Waals surface area contributed by atoms with Crippen molar-refractivity contribution in [3.63, 3.8) is 0 Å². The van der Waals surface area contributed by atoms with Crippen LogP contribution in [0.5, 0.6) is 0 Å². The topological polar surface area (TPSA) is 102 Å². The first-order valence-corrected chi connectivity index (χ1v) is 4.09. The maximum Gasteiger partial charge on any atom is 0.329 e. The van der Waals surface area contributed by atoms with Crippen molar-refractivity contribution in [3.8, 4) is 0 Å². The summed E-state index contributed by atoms with van der Waals surface area (Å²) in [6.07, 6.45) is 1.38. The van der Waals surface area contributed by atoms with Gasteiger partial charge in [0.25, 0.3) is 5.91 Å². The van der Waals surface area contributed by atoms with E-state index in [1.807, 2.05) is 0 Å². The number of anilines is 1. The Bertz CT molecular complexity index is 360. The lowest BCUT2D eigenvalue weighted by atomic mass is 10.6. The molecule has 0 aliphatic rings. The number of amides is 1. The quantitative estimate of drug-likeness (QED) is 0.716. The summed E-state index contributed by atoms with van der Waals surface area (Å²) in [5.74, 6) is -1.65. The van der Waals surface area contributed by atoms with Gasteiger partial charge in [-0.2, -0.15) is 4.98 Å². The van der Waals surface area contributed by atoms with Crippen LogP contribution in [0.2, 0.25) is 0 Å². The average molecular weight is 214 g/mol. The molecular formula is C8H10N2O5. The Labute approximate surface area is 85.1 Å². The van der Waals surface area contributed by atoms with Gasteiger partial charge in [0.05, 0.1) is 5.69 Å². The molecule has 0 atom stereocenters. The predicted molar refractivity (Wildman–Crippen MR) is 48.3 cm³/mol. The number of nitrogens with zero attached hydrogens (tertiary/aromatic N) is 1. The molecule has 1 amide bonds. The number of aryl methyl sites for hydroxylation is 1. The maximum absolute atomic E-state index is 11.1. The minimum Gasteiger partial charge on any atom is -0.480 e. The van der Waals surface area contributed by atoms with Crippen LogP contribution in [0, 0.1) is 6.92 Å². The number of hydrogen-bond donors (Lipinski definition) is 2. The second-order valence-electron chi connectivity index (χ2n) is 2.73. The molecule has 2 N–H and O–H groups in total. The lowest BCUT2D eigenvalue weighted by Crippen LogP contribution is -2.20. The first kappa shape index (κ1) is 11.2. The molecule has 0 bridgehead atoms. The van der Waals surface area contributed by atoms with Crippen molar-refractivity contribution in [2.24, 2.45) is 0 Å². The van der Waals surface area contributed by atoms with Gasteiger partial charge in [0.1, 0.15) is 19.5 Å². The third-order valence-corrected chi connectivity index (χ3v) is 1.32. The number of rotatable bonds is 5. The summed E-state index contributed by atoms with van der Waals surface area (Å²) in [4.78, 5) is 25.0. The fourth-order valence-corrected chi connectivity index (χ4v) is 0.798. The zero-order valence-corrected chi connectivity index (χ0v) is 8.02. The summed E-state index contributed by atoms with van der Waals surface area (Å²) < 4.78 is 9.40. The number of aromatic nitrogens is 1. The highest BCUT2D eigenvalue weighted by Crippen LogP contribution is 2.05. The molecule has 0 aliphatic heterocycles. The molecule has 1 aromatic rings. The number of ether oxygens (including phenoxy) is 1. The Morgan fingerprint density at radius 2 is 2.33 bits per heavy atom. The zero-order chi connectivity index (χ0) is 11.3. The predicted octanol–water partition coefficient (Wildman–Crippen LogP) is 0.0227. The number of oxazole rings is 1. The summed E-state index contributed by atoms with van der Waals surface area (Å²) in [5, 5.41) is 10.5. The van der Waals surface area contributed by atoms with E-state index in [2.05, 4.69) is 15.0 Å². The molecule has 0 spiro atoms. The van der Waals surface area contributed by atoms with Crippen LogP contribution in [0.1, 0.15) is 5.69 Å². The molecule has 0 aliphatic carbocycles. The van der Waals surface area contributed by atoms with Gasteiger partial charge >= 0.3 is 12.0 Å². The van der Waals surface area contributed by atoms with Gasteiger partial charge in [-0.1, -0.05) is 0 Å². The van der Waals surface area contributed by atoms with Crippen LogP contribution in [-0.4, -0.2) is 35.2 Å². The van der Waals surface area contributed by atoms with Crippen LogP contribution in [0.15, 0.2) is 10.7 Å². The lowest BCUT2D eigenvalue weighted by molar-refractivity contribution is -0.143. The molecule has 1 rings (SSSR count). The molecule has 7 heteroatoms. The molecule has 0 radical (unpaired) electrons. The molecule has 1 heterocycles. The third-order valence-electron chi connectivity index (χ3n) is 1.32. The number of aliphatic carboxylic acids is 1. The van der Waals surface area contributed by atoms with E-state index in [4.69, 9.17) is 9.52 Å². The standard InChI is InChI=1S/C8H10N2O5/c1-5-2-15-8(9-5)10-6(11)3-14-4-7(12)13/h2H,3-4H2,1H3,(H,12,13)(H,9,10,11). The van der Waals surface area contributed by atoms with Crippen molar-refractivity contribution in [1.29, 1.82) is 0 Å². The first-order valence-electron chi connectivity index (χ1n) is 4.09. The summed E-state index contributed by atoms with van der Waals surface area (Å²) in [7, 11) is 0. The highest BCUT2D eigenvalue weighted by atomic mass is 16.5. The van der Waals surface area contributed by atoms with Crippen molar-refractivity contribution in [2.75, 3.05) is 18.5 Å². The smallest absolute Gasteiger partial charge is 0.329 e. The van der Waals surface area contributed by atoms with E-state index >= 15 is 0 Å². The molecular weight excluding hydrogens is 204 g/mol. The van der Waals surface area contributed by atoms with E-state index in [0.717, 1.165) is 0 Å². The van der Waals surface area contributed by atoms with E-state index < -0.39 is 18.5 Å². The van der Waals surface area contributed by atoms with E-state index in [-0.39, 0.29) is 12.6 Å². The minimum absolute atomic E-state index is 0.0661. The molecule has 0 saturated carbocycles. The van der Waals surface area contributed by atoms with Crippen molar-refractivity contribution >= 4 is 17.9 Å². The maximum atomic E-state index is 11.1. The normalized spacial score (nSPS) is 9.93. The van der Waals surface area contributed by atoms with Gasteiger partial charge in [-0.3, -0.25) is 10.1 Å². The number of carboxylic acid groups (broad SMARTS) is 1. The number of nitrogens with one attached hydrogen (secondary N) is 1. The summed E-state index contributed by atoms with van der Waals surface area (Å²) in [6.45, 7) is 0.839. The molecule has 0 unspecified atom stereocenters. The van der Waals surface area contributed by atoms with Gasteiger partial charge in [0.15, 0.2) is 0 Å². The van der Waals surface area contributed by atoms with Gasteiger partial charge in [-0.25, -0.2) is 4.79 Å². The molecule has 0 saturated heterocycles. The van der Waals surface area contributed by atoms with Crippen LogP contribution in [0.25, 0.3) is 0 Å². The van der Waals surface area contributed by atoms with Crippen molar-refractivity contribution < 1.29 is 23.8 Å². The van der Waals surface area contributed by atoms with Crippen LogP contribution in [0.3, 0.4) is 0 Å². The van der Waals surface area contributed by atoms with Crippen LogP contribution >= 0.6 is 0 Å². The van der Waals surface area contributed by atoms with Gasteiger partial charge in [0.2, 0.25) is 0 Å². The molecule has 0 fully saturated rings. The third kappa shape index (κ3) is 4.23. The van der Waals surface area contributed by atoms with Crippen LogP contribution < -0.4 is 5.32 Å². The Morgan fingerprint density at radius 3 is 2.87 bits per heavy atom. The molecule has 0 aromatic carbocycles. The SMILES string of the molecule is Cc1coc(NC(=O)COCC(=O)O)n1. The summed E-state index contributed by atoms with van der Waals surface area (Å²) in [6, 6.07) is 0.0661. The first-order chi connectivity index (χ1) is 7.08. The number of carbonyl (C=O) groups excluding carboxylic acids is 1. The van der Waals surface area contributed by atoms with Gasteiger partial charge in [-0.15, -0.1) is 0 Å². The van der Waals surface area contributed by atoms with E-state index in [1.54, 1.807) is 6.92 Å². The molecule has 1 aromatic heterocycles. The van der Waals surface area contributed by atoms with Crippen LogP contribution in [0.4, 0.5) is 6.01 Å². The van der Waals surface area contributed by atoms with Gasteiger partial charge < -0.3 is 14.3 Å². The number of carbonyl (C=O) groups is 2. The monoisotopic (exact) mass is 214 g/mol. The highest BCUT2D eigenvalue weighted by Gasteiger charge is 2.07. The van der Waals surface area contributed by atoms with Crippen molar-refractivity contribution in [3.05, 3.63) is 12.0 Å².